The van der Waals surface area contributed by atoms with Crippen LogP contribution in [0.2, 0.25) is 0 Å². The minimum absolute atomic E-state index is 0.0210. The first-order chi connectivity index (χ1) is 11.7. The Morgan fingerprint density at radius 3 is 2.00 bits per heavy atom. The van der Waals surface area contributed by atoms with E-state index in [4.69, 9.17) is 9.84 Å². The van der Waals surface area contributed by atoms with Gasteiger partial charge in [-0.3, -0.25) is 4.79 Å². The zero-order valence-corrected chi connectivity index (χ0v) is 13.4. The van der Waals surface area contributed by atoms with Crippen molar-refractivity contribution in [2.24, 2.45) is 0 Å². The van der Waals surface area contributed by atoms with Crippen molar-refractivity contribution in [1.82, 2.24) is 5.32 Å². The number of carboxylic acids is 1. The lowest BCUT2D eigenvalue weighted by molar-refractivity contribution is -0.142. The molecule has 0 atom stereocenters. The second-order valence-electron chi connectivity index (χ2n) is 5.37. The Hall–Kier alpha value is -2.66. The number of aliphatic carboxylic acids is 1. The normalized spacial score (nSPS) is 10.5. The Labute approximate surface area is 141 Å². The molecule has 0 saturated carbocycles. The van der Waals surface area contributed by atoms with Crippen molar-refractivity contribution in [3.8, 4) is 0 Å². The molecule has 0 unspecified atom stereocenters. The van der Waals surface area contributed by atoms with Gasteiger partial charge in [0.1, 0.15) is 6.61 Å². The topological polar surface area (TPSA) is 75.6 Å². The van der Waals surface area contributed by atoms with Crippen LogP contribution >= 0.6 is 0 Å². The molecule has 5 heteroatoms. The maximum atomic E-state index is 12.2. The number of hydrogen-bond acceptors (Lipinski definition) is 3. The minimum atomic E-state index is -1.02. The molecule has 24 heavy (non-hydrogen) atoms. The number of amides is 1. The number of ether oxygens (including phenoxy) is 1. The fraction of sp³-hybridized carbons (Fsp3) is 0.263. The summed E-state index contributed by atoms with van der Waals surface area (Å²) in [5, 5.41) is 11.3. The second kappa shape index (κ2) is 9.47. The van der Waals surface area contributed by atoms with Gasteiger partial charge in [0.2, 0.25) is 5.91 Å². The smallest absolute Gasteiger partial charge is 0.329 e. The highest BCUT2D eigenvalue weighted by Gasteiger charge is 2.17. The third kappa shape index (κ3) is 5.85. The first-order valence-corrected chi connectivity index (χ1v) is 7.83. The zero-order valence-electron chi connectivity index (χ0n) is 13.4. The van der Waals surface area contributed by atoms with Crippen LogP contribution in [0.25, 0.3) is 0 Å². The predicted molar refractivity (Wildman–Crippen MR) is 90.8 cm³/mol. The number of carbonyl (C=O) groups excluding carboxylic acids is 1. The van der Waals surface area contributed by atoms with Gasteiger partial charge in [-0.15, -0.1) is 0 Å². The maximum Gasteiger partial charge on any atom is 0.329 e. The molecule has 0 aliphatic carbocycles. The number of carbonyl (C=O) groups is 2. The standard InChI is InChI=1S/C19H21NO4/c21-18(20-11-12-24-14-19(22)23)13-17(15-7-3-1-4-8-15)16-9-5-2-6-10-16/h1-10,17H,11-14H2,(H,20,21)(H,22,23). The van der Waals surface area contributed by atoms with Crippen LogP contribution in [0.15, 0.2) is 60.7 Å². The lowest BCUT2D eigenvalue weighted by Gasteiger charge is -2.18. The highest BCUT2D eigenvalue weighted by atomic mass is 16.5. The van der Waals surface area contributed by atoms with Gasteiger partial charge < -0.3 is 15.2 Å². The fourth-order valence-electron chi connectivity index (χ4n) is 2.48. The van der Waals surface area contributed by atoms with Gasteiger partial charge in [0.25, 0.3) is 0 Å². The van der Waals surface area contributed by atoms with E-state index in [-0.39, 0.29) is 25.0 Å². The van der Waals surface area contributed by atoms with E-state index >= 15 is 0 Å². The third-order valence-corrected chi connectivity index (χ3v) is 3.59. The van der Waals surface area contributed by atoms with Gasteiger partial charge in [0.15, 0.2) is 0 Å². The van der Waals surface area contributed by atoms with Crippen molar-refractivity contribution in [3.05, 3.63) is 71.8 Å². The molecule has 0 bridgehead atoms. The lowest BCUT2D eigenvalue weighted by Crippen LogP contribution is -2.29. The molecule has 2 aromatic rings. The Morgan fingerprint density at radius 1 is 0.958 bits per heavy atom. The summed E-state index contributed by atoms with van der Waals surface area (Å²) in [7, 11) is 0. The van der Waals surface area contributed by atoms with E-state index in [1.165, 1.54) is 0 Å². The van der Waals surface area contributed by atoms with Gasteiger partial charge in [0.05, 0.1) is 6.61 Å². The van der Waals surface area contributed by atoms with Crippen LogP contribution in [0, 0.1) is 0 Å². The molecule has 0 spiro atoms. The average molecular weight is 327 g/mol. The molecule has 0 aliphatic heterocycles. The molecule has 0 saturated heterocycles. The number of rotatable bonds is 9. The maximum absolute atomic E-state index is 12.2. The molecule has 1 amide bonds. The van der Waals surface area contributed by atoms with Crippen molar-refractivity contribution in [3.63, 3.8) is 0 Å². The molecular weight excluding hydrogens is 306 g/mol. The summed E-state index contributed by atoms with van der Waals surface area (Å²) in [6, 6.07) is 19.8. The van der Waals surface area contributed by atoms with Gasteiger partial charge in [-0.25, -0.2) is 4.79 Å². The Kier molecular flexibility index (Phi) is 6.98. The summed E-state index contributed by atoms with van der Waals surface area (Å²) >= 11 is 0. The van der Waals surface area contributed by atoms with Crippen molar-refractivity contribution in [1.29, 1.82) is 0 Å². The van der Waals surface area contributed by atoms with E-state index in [1.807, 2.05) is 60.7 Å². The average Bonchev–Trinajstić information content (AvgIpc) is 2.60. The molecule has 2 N–H and O–H groups in total. The van der Waals surface area contributed by atoms with Crippen molar-refractivity contribution >= 4 is 11.9 Å². The van der Waals surface area contributed by atoms with Crippen LogP contribution in [-0.2, 0) is 14.3 Å². The van der Waals surface area contributed by atoms with Gasteiger partial charge in [-0.1, -0.05) is 60.7 Å². The van der Waals surface area contributed by atoms with Crippen molar-refractivity contribution in [2.75, 3.05) is 19.8 Å². The quantitative estimate of drug-likeness (QED) is 0.694. The van der Waals surface area contributed by atoms with Crippen LogP contribution in [0.1, 0.15) is 23.5 Å². The van der Waals surface area contributed by atoms with Crippen molar-refractivity contribution in [2.45, 2.75) is 12.3 Å². The minimum Gasteiger partial charge on any atom is -0.480 e. The monoisotopic (exact) mass is 327 g/mol. The Bertz CT molecular complexity index is 603. The third-order valence-electron chi connectivity index (χ3n) is 3.59. The predicted octanol–water partition coefficient (Wildman–Crippen LogP) is 2.43. The molecule has 126 valence electrons. The lowest BCUT2D eigenvalue weighted by atomic mass is 9.88. The highest BCUT2D eigenvalue weighted by Crippen LogP contribution is 2.27. The molecule has 0 radical (unpaired) electrons. The number of hydrogen-bond donors (Lipinski definition) is 2. The molecule has 2 aromatic carbocycles. The van der Waals surface area contributed by atoms with Crippen molar-refractivity contribution < 1.29 is 19.4 Å². The summed E-state index contributed by atoms with van der Waals surface area (Å²) in [6.07, 6.45) is 0.326. The molecule has 0 aliphatic rings. The second-order valence-corrected chi connectivity index (χ2v) is 5.37. The van der Waals surface area contributed by atoms with Gasteiger partial charge in [-0.05, 0) is 11.1 Å². The summed E-state index contributed by atoms with van der Waals surface area (Å²) in [5.41, 5.74) is 2.17. The zero-order chi connectivity index (χ0) is 17.2. The largest absolute Gasteiger partial charge is 0.480 e. The summed E-state index contributed by atoms with van der Waals surface area (Å²) in [5.74, 6) is -1.13. The first kappa shape index (κ1) is 17.7. The molecule has 2 rings (SSSR count). The van der Waals surface area contributed by atoms with E-state index in [0.717, 1.165) is 11.1 Å². The number of nitrogens with one attached hydrogen (secondary N) is 1. The number of benzene rings is 2. The van der Waals surface area contributed by atoms with Gasteiger partial charge in [0, 0.05) is 18.9 Å². The fourth-order valence-corrected chi connectivity index (χ4v) is 2.48. The Morgan fingerprint density at radius 2 is 1.50 bits per heavy atom. The van der Waals surface area contributed by atoms with Crippen LogP contribution in [0.5, 0.6) is 0 Å². The van der Waals surface area contributed by atoms with Gasteiger partial charge >= 0.3 is 5.97 Å². The highest BCUT2D eigenvalue weighted by molar-refractivity contribution is 5.77. The molecular formula is C19H21NO4. The summed E-state index contributed by atoms with van der Waals surface area (Å²) < 4.78 is 4.91. The molecule has 0 fully saturated rings. The molecule has 0 heterocycles. The van der Waals surface area contributed by atoms with E-state index in [1.54, 1.807) is 0 Å². The van der Waals surface area contributed by atoms with Crippen LogP contribution in [-0.4, -0.2) is 36.7 Å². The molecule has 0 aromatic heterocycles. The number of carboxylic acid groups (broad SMARTS) is 1. The van der Waals surface area contributed by atoms with Crippen LogP contribution < -0.4 is 5.32 Å². The first-order valence-electron chi connectivity index (χ1n) is 7.83. The summed E-state index contributed by atoms with van der Waals surface area (Å²) in [6.45, 7) is 0.119. The van der Waals surface area contributed by atoms with Gasteiger partial charge in [-0.2, -0.15) is 0 Å². The van der Waals surface area contributed by atoms with E-state index in [9.17, 15) is 9.59 Å². The van der Waals surface area contributed by atoms with E-state index in [0.29, 0.717) is 13.0 Å². The Balaban J connectivity index is 1.94. The molecule has 5 nitrogen and oxygen atoms in total. The van der Waals surface area contributed by atoms with Crippen LogP contribution in [0.4, 0.5) is 0 Å². The summed E-state index contributed by atoms with van der Waals surface area (Å²) in [4.78, 5) is 22.6. The SMILES string of the molecule is O=C(O)COCCNC(=O)CC(c1ccccc1)c1ccccc1. The van der Waals surface area contributed by atoms with Crippen LogP contribution in [0.3, 0.4) is 0 Å². The van der Waals surface area contributed by atoms with E-state index < -0.39 is 5.97 Å². The van der Waals surface area contributed by atoms with E-state index in [2.05, 4.69) is 5.32 Å².